The molecule has 1 heterocycles. The van der Waals surface area contributed by atoms with Gasteiger partial charge in [-0.2, -0.15) is 0 Å². The summed E-state index contributed by atoms with van der Waals surface area (Å²) in [4.78, 5) is 56.6. The fourth-order valence-electron chi connectivity index (χ4n) is 2.40. The number of rotatable bonds is 10. The molecular formula is C16H30N3O8PS. The summed E-state index contributed by atoms with van der Waals surface area (Å²) < 4.78 is 10.8. The van der Waals surface area contributed by atoms with E-state index in [9.17, 15) is 24.1 Å². The van der Waals surface area contributed by atoms with Crippen LogP contribution in [0.25, 0.3) is 0 Å². The molecular weight excluding hydrogens is 425 g/mol. The summed E-state index contributed by atoms with van der Waals surface area (Å²) in [5.74, 6) is -1.53. The Bertz CT molecular complexity index is 635. The monoisotopic (exact) mass is 455 g/mol. The first-order valence-corrected chi connectivity index (χ1v) is 11.8. The summed E-state index contributed by atoms with van der Waals surface area (Å²) in [5, 5.41) is 16.6. The predicted octanol–water partition coefficient (Wildman–Crippen LogP) is -0.205. The second-order valence-electron chi connectivity index (χ2n) is 7.29. The van der Waals surface area contributed by atoms with Gasteiger partial charge in [-0.3, -0.25) is 4.79 Å². The summed E-state index contributed by atoms with van der Waals surface area (Å²) in [7, 11) is -4.07. The second kappa shape index (κ2) is 11.2. The SMILES string of the molecule is CC(=O)SCCNC(=O)CCNC(=O)[C@@H]1O[PH](O)(N[C@@H](C)C(=O)O)OCC1(C)C. The number of carboxylic acids is 1. The number of carbonyl (C=O) groups is 4. The van der Waals surface area contributed by atoms with Crippen molar-refractivity contribution in [3.05, 3.63) is 0 Å². The van der Waals surface area contributed by atoms with E-state index in [1.165, 1.54) is 13.8 Å². The third kappa shape index (κ3) is 8.93. The van der Waals surface area contributed by atoms with E-state index in [4.69, 9.17) is 14.2 Å². The van der Waals surface area contributed by atoms with Crippen LogP contribution in [0.15, 0.2) is 0 Å². The van der Waals surface area contributed by atoms with Crippen molar-refractivity contribution < 1.29 is 38.2 Å². The molecule has 1 rings (SSSR count). The van der Waals surface area contributed by atoms with Crippen molar-refractivity contribution in [2.24, 2.45) is 5.41 Å². The Kier molecular flexibility index (Phi) is 9.93. The van der Waals surface area contributed by atoms with Crippen molar-refractivity contribution in [3.63, 3.8) is 0 Å². The molecule has 168 valence electrons. The molecule has 0 aromatic heterocycles. The Morgan fingerprint density at radius 2 is 1.90 bits per heavy atom. The van der Waals surface area contributed by atoms with Gasteiger partial charge >= 0.3 is 162 Å². The fourth-order valence-corrected chi connectivity index (χ4v) is 5.09. The molecule has 29 heavy (non-hydrogen) atoms. The van der Waals surface area contributed by atoms with Crippen LogP contribution < -0.4 is 15.7 Å². The van der Waals surface area contributed by atoms with E-state index >= 15 is 0 Å². The van der Waals surface area contributed by atoms with E-state index < -0.39 is 37.5 Å². The van der Waals surface area contributed by atoms with Gasteiger partial charge in [0, 0.05) is 6.92 Å². The van der Waals surface area contributed by atoms with Gasteiger partial charge in [-0.15, -0.1) is 0 Å². The minimum atomic E-state index is -4.07. The molecule has 2 amide bonds. The summed E-state index contributed by atoms with van der Waals surface area (Å²) in [6.45, 7) is 6.59. The van der Waals surface area contributed by atoms with Gasteiger partial charge in [-0.05, 0) is 0 Å². The third-order valence-corrected chi connectivity index (χ3v) is 6.72. The number of hydrogen-bond acceptors (Lipinski definition) is 9. The number of carbonyl (C=O) groups excluding carboxylic acids is 3. The average molecular weight is 455 g/mol. The molecule has 11 nitrogen and oxygen atoms in total. The summed E-state index contributed by atoms with van der Waals surface area (Å²) in [6, 6.07) is -1.12. The van der Waals surface area contributed by atoms with Crippen molar-refractivity contribution in [2.75, 3.05) is 25.4 Å². The van der Waals surface area contributed by atoms with Gasteiger partial charge in [0.15, 0.2) is 0 Å². The van der Waals surface area contributed by atoms with Crippen LogP contribution in [0.3, 0.4) is 0 Å². The van der Waals surface area contributed by atoms with Crippen LogP contribution in [0, 0.1) is 5.41 Å². The summed E-state index contributed by atoms with van der Waals surface area (Å²) in [5.41, 5.74) is -0.774. The average Bonchev–Trinajstić information content (AvgIpc) is 2.60. The van der Waals surface area contributed by atoms with Crippen molar-refractivity contribution in [3.8, 4) is 0 Å². The van der Waals surface area contributed by atoms with Gasteiger partial charge in [-0.1, -0.05) is 0 Å². The molecule has 0 aliphatic carbocycles. The van der Waals surface area contributed by atoms with E-state index in [0.29, 0.717) is 12.3 Å². The molecule has 0 bridgehead atoms. The molecule has 5 N–H and O–H groups in total. The zero-order chi connectivity index (χ0) is 22.2. The van der Waals surface area contributed by atoms with E-state index in [2.05, 4.69) is 15.7 Å². The predicted molar refractivity (Wildman–Crippen MR) is 109 cm³/mol. The van der Waals surface area contributed by atoms with Crippen molar-refractivity contribution >= 4 is 42.8 Å². The first-order valence-electron chi connectivity index (χ1n) is 9.09. The Morgan fingerprint density at radius 3 is 2.48 bits per heavy atom. The molecule has 0 radical (unpaired) electrons. The molecule has 0 spiro atoms. The van der Waals surface area contributed by atoms with Crippen LogP contribution in [0.5, 0.6) is 0 Å². The zero-order valence-corrected chi connectivity index (χ0v) is 18.8. The quantitative estimate of drug-likeness (QED) is 0.220. The number of nitrogens with one attached hydrogen (secondary N) is 3. The van der Waals surface area contributed by atoms with Crippen LogP contribution in [-0.4, -0.2) is 70.5 Å². The first kappa shape index (κ1) is 25.7. The molecule has 0 saturated carbocycles. The standard InChI is InChI=1S/C16H30N3O8PS/c1-10(15(23)24)19-28(25)26-9-16(3,4)13(27-28)14(22)18-6-5-12(21)17-7-8-29-11(2)20/h10,13,19,25,28H,5-9H2,1-4H3,(H,17,21)(H,18,22)(H,23,24)/t10-,13-/m0/s1. The van der Waals surface area contributed by atoms with E-state index in [-0.39, 0.29) is 30.6 Å². The Morgan fingerprint density at radius 1 is 1.24 bits per heavy atom. The Balaban J connectivity index is 2.52. The molecule has 1 aliphatic heterocycles. The minimum absolute atomic E-state index is 0.0125. The number of aliphatic carboxylic acids is 1. The normalized spacial score (nSPS) is 22.2. The van der Waals surface area contributed by atoms with E-state index in [1.54, 1.807) is 13.8 Å². The van der Waals surface area contributed by atoms with Gasteiger partial charge in [0.1, 0.15) is 0 Å². The molecule has 0 aromatic carbocycles. The van der Waals surface area contributed by atoms with Crippen LogP contribution in [0.1, 0.15) is 34.1 Å². The Hall–Kier alpha value is -1.30. The number of amides is 2. The molecule has 0 aromatic rings. The maximum absolute atomic E-state index is 12.5. The van der Waals surface area contributed by atoms with Crippen LogP contribution in [0.2, 0.25) is 0 Å². The third-order valence-electron chi connectivity index (χ3n) is 4.02. The molecule has 13 heteroatoms. The van der Waals surface area contributed by atoms with Crippen LogP contribution in [0.4, 0.5) is 0 Å². The van der Waals surface area contributed by atoms with Gasteiger partial charge in [0.2, 0.25) is 0 Å². The summed E-state index contributed by atoms with van der Waals surface area (Å²) in [6.07, 6.45) is -1.05. The zero-order valence-electron chi connectivity index (χ0n) is 16.9. The summed E-state index contributed by atoms with van der Waals surface area (Å²) >= 11 is 1.11. The number of carboxylic acid groups (broad SMARTS) is 1. The van der Waals surface area contributed by atoms with Crippen molar-refractivity contribution in [1.29, 1.82) is 0 Å². The van der Waals surface area contributed by atoms with Gasteiger partial charge in [-0.25, -0.2) is 0 Å². The molecule has 1 saturated heterocycles. The van der Waals surface area contributed by atoms with Crippen LogP contribution in [-0.2, 0) is 28.2 Å². The number of thioether (sulfide) groups is 1. The number of hydrogen-bond donors (Lipinski definition) is 5. The molecule has 0 unspecified atom stereocenters. The van der Waals surface area contributed by atoms with E-state index in [1.807, 2.05) is 0 Å². The van der Waals surface area contributed by atoms with Gasteiger partial charge in [0.05, 0.1) is 0 Å². The van der Waals surface area contributed by atoms with Crippen LogP contribution >= 0.6 is 19.9 Å². The van der Waals surface area contributed by atoms with Gasteiger partial charge < -0.3 is 0 Å². The second-order valence-corrected chi connectivity index (χ2v) is 10.5. The van der Waals surface area contributed by atoms with Crippen molar-refractivity contribution in [1.82, 2.24) is 15.7 Å². The molecule has 1 fully saturated rings. The Labute approximate surface area is 174 Å². The van der Waals surface area contributed by atoms with Crippen molar-refractivity contribution in [2.45, 2.75) is 46.3 Å². The fraction of sp³-hybridized carbons (Fsp3) is 0.750. The topological polar surface area (TPSA) is 163 Å². The van der Waals surface area contributed by atoms with Gasteiger partial charge in [0.25, 0.3) is 0 Å². The van der Waals surface area contributed by atoms with E-state index in [0.717, 1.165) is 11.8 Å². The maximum atomic E-state index is 12.5. The first-order chi connectivity index (χ1) is 13.4. The molecule has 2 atom stereocenters. The molecule has 1 aliphatic rings.